The number of fused-ring (bicyclic) bond motifs is 1. The van der Waals surface area contributed by atoms with Gasteiger partial charge in [0.25, 0.3) is 0 Å². The van der Waals surface area contributed by atoms with E-state index in [1.54, 1.807) is 6.08 Å². The highest BCUT2D eigenvalue weighted by molar-refractivity contribution is 5.90. The molecule has 1 aliphatic carbocycles. The van der Waals surface area contributed by atoms with Crippen LogP contribution in [-0.2, 0) is 14.3 Å². The maximum absolute atomic E-state index is 12.9. The van der Waals surface area contributed by atoms with Crippen molar-refractivity contribution in [3.63, 3.8) is 0 Å². The molecule has 1 aliphatic heterocycles. The third-order valence-electron chi connectivity index (χ3n) is 7.17. The summed E-state index contributed by atoms with van der Waals surface area (Å²) < 4.78 is 11.9. The highest BCUT2D eigenvalue weighted by atomic mass is 16.5. The summed E-state index contributed by atoms with van der Waals surface area (Å²) in [5.74, 6) is 0.196. The Kier molecular flexibility index (Phi) is 8.70. The van der Waals surface area contributed by atoms with Gasteiger partial charge < -0.3 is 9.47 Å². The van der Waals surface area contributed by atoms with Crippen molar-refractivity contribution in [2.45, 2.75) is 70.5 Å². The molecule has 4 rings (SSSR count). The molecule has 2 fully saturated rings. The van der Waals surface area contributed by atoms with E-state index in [9.17, 15) is 9.59 Å². The molecule has 1 heterocycles. The molecule has 2 aliphatic rings. The molecule has 0 spiro atoms. The van der Waals surface area contributed by atoms with Gasteiger partial charge in [0, 0.05) is 25.4 Å². The van der Waals surface area contributed by atoms with Gasteiger partial charge in [0.2, 0.25) is 0 Å². The van der Waals surface area contributed by atoms with Gasteiger partial charge in [0.05, 0.1) is 11.7 Å². The van der Waals surface area contributed by atoms with Gasteiger partial charge in [0.1, 0.15) is 6.10 Å². The lowest BCUT2D eigenvalue weighted by atomic mass is 9.91. The van der Waals surface area contributed by atoms with E-state index in [2.05, 4.69) is 6.92 Å². The molecule has 0 N–H and O–H groups in total. The first-order chi connectivity index (χ1) is 16.7. The monoisotopic (exact) mass is 460 g/mol. The molecule has 4 heteroatoms. The third kappa shape index (κ3) is 6.24. The molecular formula is C30H36O4. The van der Waals surface area contributed by atoms with E-state index in [4.69, 9.17) is 9.47 Å². The first-order valence-electron chi connectivity index (χ1n) is 12.8. The largest absolute Gasteiger partial charge is 0.458 e. The zero-order valence-corrected chi connectivity index (χ0v) is 20.2. The van der Waals surface area contributed by atoms with Crippen LogP contribution in [-0.4, -0.2) is 30.6 Å². The number of ether oxygens (including phenoxy) is 2. The average Bonchev–Trinajstić information content (AvgIpc) is 3.44. The zero-order chi connectivity index (χ0) is 23.8. The van der Waals surface area contributed by atoms with Gasteiger partial charge in [0.15, 0.2) is 5.78 Å². The minimum absolute atomic E-state index is 0.0316. The molecule has 1 saturated heterocycles. The van der Waals surface area contributed by atoms with E-state index >= 15 is 0 Å². The van der Waals surface area contributed by atoms with Crippen LogP contribution in [0.3, 0.4) is 0 Å². The second-order valence-electron chi connectivity index (χ2n) is 9.55. The number of esters is 1. The number of ketones is 1. The Balaban J connectivity index is 1.36. The minimum Gasteiger partial charge on any atom is -0.458 e. The van der Waals surface area contributed by atoms with Crippen LogP contribution in [0.2, 0.25) is 0 Å². The van der Waals surface area contributed by atoms with Gasteiger partial charge in [-0.05, 0) is 48.1 Å². The van der Waals surface area contributed by atoms with Crippen LogP contribution >= 0.6 is 0 Å². The molecule has 4 nitrogen and oxygen atoms in total. The van der Waals surface area contributed by atoms with E-state index < -0.39 is 0 Å². The molecule has 1 saturated carbocycles. The van der Waals surface area contributed by atoms with Crippen molar-refractivity contribution in [2.75, 3.05) is 6.61 Å². The quantitative estimate of drug-likeness (QED) is 0.210. The van der Waals surface area contributed by atoms with E-state index in [0.717, 1.165) is 37.0 Å². The van der Waals surface area contributed by atoms with Crippen LogP contribution in [0.1, 0.15) is 68.6 Å². The van der Waals surface area contributed by atoms with Crippen molar-refractivity contribution in [2.24, 2.45) is 11.8 Å². The lowest BCUT2D eigenvalue weighted by Crippen LogP contribution is -2.24. The molecular weight excluding hydrogens is 424 g/mol. The summed E-state index contributed by atoms with van der Waals surface area (Å²) in [5.41, 5.74) is 2.72. The molecule has 0 radical (unpaired) electrons. The van der Waals surface area contributed by atoms with Crippen molar-refractivity contribution in [3.05, 3.63) is 72.3 Å². The van der Waals surface area contributed by atoms with Crippen LogP contribution in [0.5, 0.6) is 0 Å². The Morgan fingerprint density at radius 2 is 1.71 bits per heavy atom. The van der Waals surface area contributed by atoms with E-state index in [0.29, 0.717) is 24.3 Å². The smallest absolute Gasteiger partial charge is 0.338 e. The molecule has 2 aromatic rings. The standard InChI is InChI=1S/C30H36O4/c1-2-3-4-5-9-12-25(31)17-18-26-27-19-20-33-28(27)21-29(26)34-30(32)24-15-13-23(14-16-24)22-10-7-6-8-11-22/h6-8,10-11,13-18,26-29H,2-5,9,12,19-21H2,1H3/t26-,27-,28+,29-/m1/s1. The van der Waals surface area contributed by atoms with Crippen molar-refractivity contribution >= 4 is 11.8 Å². The summed E-state index contributed by atoms with van der Waals surface area (Å²) in [4.78, 5) is 25.3. The average molecular weight is 461 g/mol. The first kappa shape index (κ1) is 24.4. The number of hydrogen-bond acceptors (Lipinski definition) is 4. The molecule has 180 valence electrons. The molecule has 0 aromatic heterocycles. The number of carbonyl (C=O) groups is 2. The Hall–Kier alpha value is -2.72. The van der Waals surface area contributed by atoms with E-state index in [-0.39, 0.29) is 29.9 Å². The lowest BCUT2D eigenvalue weighted by molar-refractivity contribution is -0.114. The fourth-order valence-electron chi connectivity index (χ4n) is 5.24. The summed E-state index contributed by atoms with van der Waals surface area (Å²) in [5, 5.41) is 0. The Bertz CT molecular complexity index is 963. The maximum Gasteiger partial charge on any atom is 0.338 e. The Morgan fingerprint density at radius 1 is 0.971 bits per heavy atom. The van der Waals surface area contributed by atoms with Crippen LogP contribution in [0.15, 0.2) is 66.7 Å². The van der Waals surface area contributed by atoms with Crippen LogP contribution in [0.4, 0.5) is 0 Å². The summed E-state index contributed by atoms with van der Waals surface area (Å²) >= 11 is 0. The van der Waals surface area contributed by atoms with Gasteiger partial charge >= 0.3 is 5.97 Å². The number of allylic oxidation sites excluding steroid dienone is 1. The van der Waals surface area contributed by atoms with Gasteiger partial charge in [-0.25, -0.2) is 4.79 Å². The van der Waals surface area contributed by atoms with Crippen LogP contribution in [0, 0.1) is 11.8 Å². The molecule has 2 aromatic carbocycles. The summed E-state index contributed by atoms with van der Waals surface area (Å²) in [6.07, 6.45) is 11.5. The molecule has 0 amide bonds. The Morgan fingerprint density at radius 3 is 2.47 bits per heavy atom. The fraction of sp³-hybridized carbons (Fsp3) is 0.467. The molecule has 34 heavy (non-hydrogen) atoms. The molecule has 0 bridgehead atoms. The predicted octanol–water partition coefficient (Wildman–Crippen LogP) is 6.79. The number of unbranched alkanes of at least 4 members (excludes halogenated alkanes) is 4. The summed E-state index contributed by atoms with van der Waals surface area (Å²) in [7, 11) is 0. The van der Waals surface area contributed by atoms with Gasteiger partial charge in [-0.1, -0.05) is 81.1 Å². The van der Waals surface area contributed by atoms with E-state index in [1.807, 2.05) is 60.7 Å². The van der Waals surface area contributed by atoms with Crippen molar-refractivity contribution < 1.29 is 19.1 Å². The predicted molar refractivity (Wildman–Crippen MR) is 135 cm³/mol. The topological polar surface area (TPSA) is 52.6 Å². The Labute approximate surface area is 203 Å². The summed E-state index contributed by atoms with van der Waals surface area (Å²) in [6.45, 7) is 2.94. The first-order valence-corrected chi connectivity index (χ1v) is 12.8. The number of hydrogen-bond donors (Lipinski definition) is 0. The number of rotatable bonds is 11. The lowest BCUT2D eigenvalue weighted by Gasteiger charge is -2.20. The van der Waals surface area contributed by atoms with Crippen molar-refractivity contribution in [1.29, 1.82) is 0 Å². The second kappa shape index (κ2) is 12.1. The maximum atomic E-state index is 12.9. The van der Waals surface area contributed by atoms with E-state index in [1.165, 1.54) is 19.3 Å². The van der Waals surface area contributed by atoms with Gasteiger partial charge in [-0.15, -0.1) is 0 Å². The number of carbonyl (C=O) groups excluding carboxylic acids is 2. The normalized spacial score (nSPS) is 23.8. The third-order valence-corrected chi connectivity index (χ3v) is 7.17. The number of benzene rings is 2. The van der Waals surface area contributed by atoms with Crippen molar-refractivity contribution in [3.8, 4) is 11.1 Å². The highest BCUT2D eigenvalue weighted by Gasteiger charge is 2.47. The summed E-state index contributed by atoms with van der Waals surface area (Å²) in [6, 6.07) is 17.6. The SMILES string of the molecule is CCCCCCCC(=O)C=C[C@@H]1[C@H]2CCO[C@H]2C[C@H]1OC(=O)c1ccc(-c2ccccc2)cc1. The second-order valence-corrected chi connectivity index (χ2v) is 9.55. The van der Waals surface area contributed by atoms with Crippen molar-refractivity contribution in [1.82, 2.24) is 0 Å². The van der Waals surface area contributed by atoms with Gasteiger partial charge in [-0.2, -0.15) is 0 Å². The molecule has 0 unspecified atom stereocenters. The zero-order valence-electron chi connectivity index (χ0n) is 20.2. The molecule has 4 atom stereocenters. The van der Waals surface area contributed by atoms with Crippen LogP contribution in [0.25, 0.3) is 11.1 Å². The fourth-order valence-corrected chi connectivity index (χ4v) is 5.24. The van der Waals surface area contributed by atoms with Crippen LogP contribution < -0.4 is 0 Å². The van der Waals surface area contributed by atoms with Gasteiger partial charge in [-0.3, -0.25) is 4.79 Å². The highest BCUT2D eigenvalue weighted by Crippen LogP contribution is 2.43. The minimum atomic E-state index is -0.315.